The second kappa shape index (κ2) is 4.94. The largest absolute Gasteiger partial charge is 0.397 e. The van der Waals surface area contributed by atoms with Gasteiger partial charge in [-0.3, -0.25) is 0 Å². The molecule has 0 amide bonds. The molecule has 0 unspecified atom stereocenters. The lowest BCUT2D eigenvalue weighted by Crippen LogP contribution is -2.13. The van der Waals surface area contributed by atoms with Gasteiger partial charge in [0.25, 0.3) is 0 Å². The van der Waals surface area contributed by atoms with Crippen molar-refractivity contribution in [3.05, 3.63) is 47.1 Å². The molecule has 2 N–H and O–H groups in total. The molecule has 90 valence electrons. The molecule has 0 saturated heterocycles. The van der Waals surface area contributed by atoms with Crippen molar-refractivity contribution in [2.75, 3.05) is 17.7 Å². The molecule has 0 saturated carbocycles. The Morgan fingerprint density at radius 2 is 2.11 bits per heavy atom. The minimum Gasteiger partial charge on any atom is -0.397 e. The summed E-state index contributed by atoms with van der Waals surface area (Å²) < 4.78 is 0. The Hall–Kier alpha value is -2.25. The number of hydrogen-bond acceptors (Lipinski definition) is 4. The average Bonchev–Trinajstić information content (AvgIpc) is 2.38. The molecule has 4 nitrogen and oxygen atoms in total. The van der Waals surface area contributed by atoms with Gasteiger partial charge in [0, 0.05) is 7.05 Å². The Morgan fingerprint density at radius 3 is 2.78 bits per heavy atom. The number of rotatable bonds is 2. The van der Waals surface area contributed by atoms with Gasteiger partial charge in [0.2, 0.25) is 0 Å². The van der Waals surface area contributed by atoms with Crippen molar-refractivity contribution < 1.29 is 0 Å². The van der Waals surface area contributed by atoms with Crippen LogP contribution in [-0.2, 0) is 0 Å². The first-order valence-corrected chi connectivity index (χ1v) is 5.65. The molecule has 2 rings (SSSR count). The normalized spacial score (nSPS) is 9.83. The van der Waals surface area contributed by atoms with Crippen molar-refractivity contribution in [3.8, 4) is 6.07 Å². The molecule has 1 aromatic carbocycles. The fourth-order valence-corrected chi connectivity index (χ4v) is 1.97. The maximum atomic E-state index is 9.08. The first-order valence-electron chi connectivity index (χ1n) is 5.27. The Balaban J connectivity index is 2.48. The number of nitrogen functional groups attached to an aromatic ring is 1. The number of halogens is 1. The summed E-state index contributed by atoms with van der Waals surface area (Å²) in [4.78, 5) is 5.95. The van der Waals surface area contributed by atoms with E-state index in [9.17, 15) is 0 Å². The summed E-state index contributed by atoms with van der Waals surface area (Å²) in [5.74, 6) is 0.563. The predicted molar refractivity (Wildman–Crippen MR) is 72.9 cm³/mol. The van der Waals surface area contributed by atoms with Gasteiger partial charge in [0.15, 0.2) is 5.82 Å². The SMILES string of the molecule is CN(c1ccccc1C#N)c1ncc(N)cc1Cl. The highest BCUT2D eigenvalue weighted by molar-refractivity contribution is 6.33. The van der Waals surface area contributed by atoms with Crippen molar-refractivity contribution in [1.29, 1.82) is 5.26 Å². The molecule has 1 aromatic heterocycles. The molecule has 0 bridgehead atoms. The van der Waals surface area contributed by atoms with E-state index in [0.29, 0.717) is 22.1 Å². The molecule has 5 heteroatoms. The summed E-state index contributed by atoms with van der Waals surface area (Å²) >= 11 is 6.10. The number of benzene rings is 1. The van der Waals surface area contributed by atoms with E-state index in [0.717, 1.165) is 5.69 Å². The number of nitriles is 1. The lowest BCUT2D eigenvalue weighted by molar-refractivity contribution is 1.12. The van der Waals surface area contributed by atoms with E-state index >= 15 is 0 Å². The van der Waals surface area contributed by atoms with Crippen LogP contribution in [0.4, 0.5) is 17.2 Å². The van der Waals surface area contributed by atoms with Gasteiger partial charge in [-0.15, -0.1) is 0 Å². The predicted octanol–water partition coefficient (Wildman–Crippen LogP) is 2.96. The lowest BCUT2D eigenvalue weighted by Gasteiger charge is -2.20. The summed E-state index contributed by atoms with van der Waals surface area (Å²) in [5.41, 5.74) is 7.42. The number of nitrogens with two attached hydrogens (primary N) is 1. The van der Waals surface area contributed by atoms with Crippen molar-refractivity contribution in [1.82, 2.24) is 4.98 Å². The van der Waals surface area contributed by atoms with Crippen molar-refractivity contribution in [2.45, 2.75) is 0 Å². The van der Waals surface area contributed by atoms with Gasteiger partial charge in [-0.1, -0.05) is 23.7 Å². The van der Waals surface area contributed by atoms with Crippen LogP contribution in [0, 0.1) is 11.3 Å². The van der Waals surface area contributed by atoms with E-state index in [2.05, 4.69) is 11.1 Å². The highest BCUT2D eigenvalue weighted by atomic mass is 35.5. The van der Waals surface area contributed by atoms with Gasteiger partial charge < -0.3 is 10.6 Å². The number of para-hydroxylation sites is 1. The molecule has 0 aliphatic heterocycles. The average molecular weight is 259 g/mol. The maximum Gasteiger partial charge on any atom is 0.151 e. The summed E-state index contributed by atoms with van der Waals surface area (Å²) in [6.07, 6.45) is 1.53. The smallest absolute Gasteiger partial charge is 0.151 e. The molecule has 2 aromatic rings. The fourth-order valence-electron chi connectivity index (χ4n) is 1.67. The number of pyridine rings is 1. The fraction of sp³-hybridized carbons (Fsp3) is 0.0769. The maximum absolute atomic E-state index is 9.08. The van der Waals surface area contributed by atoms with E-state index in [4.69, 9.17) is 22.6 Å². The van der Waals surface area contributed by atoms with Crippen LogP contribution in [0.5, 0.6) is 0 Å². The zero-order valence-electron chi connectivity index (χ0n) is 9.76. The van der Waals surface area contributed by atoms with Gasteiger partial charge in [-0.2, -0.15) is 5.26 Å². The Bertz CT molecular complexity index is 619. The monoisotopic (exact) mass is 258 g/mol. The van der Waals surface area contributed by atoms with E-state index in [-0.39, 0.29) is 0 Å². The molecule has 0 radical (unpaired) electrons. The number of hydrogen-bond donors (Lipinski definition) is 1. The van der Waals surface area contributed by atoms with Gasteiger partial charge >= 0.3 is 0 Å². The number of nitrogens with zero attached hydrogens (tertiary/aromatic N) is 3. The van der Waals surface area contributed by atoms with Crippen LogP contribution in [0.3, 0.4) is 0 Å². The zero-order chi connectivity index (χ0) is 13.1. The van der Waals surface area contributed by atoms with Crippen molar-refractivity contribution >= 4 is 28.8 Å². The molecule has 0 aliphatic rings. The first-order chi connectivity index (χ1) is 8.63. The second-order valence-corrected chi connectivity index (χ2v) is 4.17. The van der Waals surface area contributed by atoms with Gasteiger partial charge in [0.1, 0.15) is 6.07 Å². The van der Waals surface area contributed by atoms with Crippen LogP contribution in [0.25, 0.3) is 0 Å². The molecule has 0 fully saturated rings. The summed E-state index contributed by atoms with van der Waals surface area (Å²) in [5, 5.41) is 9.53. The Labute approximate surface area is 110 Å². The highest BCUT2D eigenvalue weighted by Gasteiger charge is 2.13. The van der Waals surface area contributed by atoms with Gasteiger partial charge in [-0.25, -0.2) is 4.98 Å². The minimum atomic E-state index is 0.449. The third-order valence-electron chi connectivity index (χ3n) is 2.55. The van der Waals surface area contributed by atoms with Crippen LogP contribution < -0.4 is 10.6 Å². The molecule has 0 aliphatic carbocycles. The molecule has 18 heavy (non-hydrogen) atoms. The topological polar surface area (TPSA) is 65.9 Å². The van der Waals surface area contributed by atoms with Crippen LogP contribution in [-0.4, -0.2) is 12.0 Å². The summed E-state index contributed by atoms with van der Waals surface area (Å²) in [6, 6.07) is 11.0. The van der Waals surface area contributed by atoms with Crippen molar-refractivity contribution in [2.24, 2.45) is 0 Å². The van der Waals surface area contributed by atoms with Crippen LogP contribution >= 0.6 is 11.6 Å². The standard InChI is InChI=1S/C13H11ClN4/c1-18(12-5-3-2-4-9(12)7-15)13-11(14)6-10(16)8-17-13/h2-6,8H,16H2,1H3. The Morgan fingerprint density at radius 1 is 1.39 bits per heavy atom. The number of aromatic nitrogens is 1. The number of anilines is 3. The highest BCUT2D eigenvalue weighted by Crippen LogP contribution is 2.31. The second-order valence-electron chi connectivity index (χ2n) is 3.76. The van der Waals surface area contributed by atoms with Crippen LogP contribution in [0.1, 0.15) is 5.56 Å². The van der Waals surface area contributed by atoms with Gasteiger partial charge in [0.05, 0.1) is 28.2 Å². The Kier molecular flexibility index (Phi) is 3.35. The van der Waals surface area contributed by atoms with E-state index in [1.807, 2.05) is 18.2 Å². The van der Waals surface area contributed by atoms with Crippen LogP contribution in [0.15, 0.2) is 36.5 Å². The third-order valence-corrected chi connectivity index (χ3v) is 2.82. The van der Waals surface area contributed by atoms with E-state index in [1.165, 1.54) is 6.20 Å². The third kappa shape index (κ3) is 2.22. The van der Waals surface area contributed by atoms with E-state index in [1.54, 1.807) is 24.1 Å². The summed E-state index contributed by atoms with van der Waals surface area (Å²) in [7, 11) is 1.81. The van der Waals surface area contributed by atoms with Gasteiger partial charge in [-0.05, 0) is 18.2 Å². The molecular weight excluding hydrogens is 248 g/mol. The lowest BCUT2D eigenvalue weighted by atomic mass is 10.2. The quantitative estimate of drug-likeness (QED) is 0.899. The minimum absolute atomic E-state index is 0.449. The molecular formula is C13H11ClN4. The molecule has 0 atom stereocenters. The van der Waals surface area contributed by atoms with Crippen LogP contribution in [0.2, 0.25) is 5.02 Å². The van der Waals surface area contributed by atoms with Crippen molar-refractivity contribution in [3.63, 3.8) is 0 Å². The molecule has 0 spiro atoms. The summed E-state index contributed by atoms with van der Waals surface area (Å²) in [6.45, 7) is 0. The zero-order valence-corrected chi connectivity index (χ0v) is 10.5. The van der Waals surface area contributed by atoms with E-state index < -0.39 is 0 Å². The first kappa shape index (κ1) is 12.2. The molecule has 1 heterocycles.